The predicted octanol–water partition coefficient (Wildman–Crippen LogP) is 11.2. The number of benzene rings is 4. The van der Waals surface area contributed by atoms with E-state index in [-0.39, 0.29) is 0 Å². The van der Waals surface area contributed by atoms with Crippen LogP contribution in [-0.2, 0) is 0 Å². The lowest BCUT2D eigenvalue weighted by Crippen LogP contribution is -2.34. The standard InChI is InChI=1S/2C20H22S/c2*1-3-7-15(8-4-1)17-11-13-20-18(12-14-19(17)21-20)16-9-5-2-6-10-16/h2*1-10,17-20H,11-14H2/t2*17-,18-,19+,20+/m11/s1. The smallest absolute Gasteiger partial charge is 0.0119 e. The molecule has 4 bridgehead atoms. The van der Waals surface area contributed by atoms with Crippen LogP contribution >= 0.6 is 23.5 Å². The normalized spacial score (nSPS) is 31.8. The van der Waals surface area contributed by atoms with Gasteiger partial charge in [0.2, 0.25) is 0 Å². The number of thioether (sulfide) groups is 2. The van der Waals surface area contributed by atoms with E-state index < -0.39 is 0 Å². The molecule has 8 rings (SSSR count). The molecule has 4 aliphatic heterocycles. The highest BCUT2D eigenvalue weighted by Gasteiger charge is 2.41. The molecule has 0 amide bonds. The Morgan fingerprint density at radius 1 is 0.286 bits per heavy atom. The number of fused-ring (bicyclic) bond motifs is 4. The summed E-state index contributed by atoms with van der Waals surface area (Å²) in [6, 6.07) is 44.7. The Morgan fingerprint density at radius 2 is 0.500 bits per heavy atom. The minimum absolute atomic E-state index is 0.782. The van der Waals surface area contributed by atoms with E-state index in [4.69, 9.17) is 0 Å². The fraction of sp³-hybridized carbons (Fsp3) is 0.400. The predicted molar refractivity (Wildman–Crippen MR) is 184 cm³/mol. The van der Waals surface area contributed by atoms with Gasteiger partial charge in [-0.3, -0.25) is 0 Å². The van der Waals surface area contributed by atoms with Gasteiger partial charge in [-0.15, -0.1) is 0 Å². The number of hydrogen-bond donors (Lipinski definition) is 0. The molecule has 0 spiro atoms. The third-order valence-electron chi connectivity index (χ3n) is 10.5. The molecule has 4 heterocycles. The highest BCUT2D eigenvalue weighted by molar-refractivity contribution is 8.00. The topological polar surface area (TPSA) is 0 Å². The summed E-state index contributed by atoms with van der Waals surface area (Å²) >= 11 is 4.56. The molecule has 4 aliphatic rings. The molecule has 0 radical (unpaired) electrons. The average molecular weight is 589 g/mol. The summed E-state index contributed by atoms with van der Waals surface area (Å²) in [7, 11) is 0. The summed E-state index contributed by atoms with van der Waals surface area (Å²) in [5.41, 5.74) is 6.25. The van der Waals surface area contributed by atoms with Gasteiger partial charge >= 0.3 is 0 Å². The SMILES string of the molecule is c1ccc([C@H]2CC[C@@H]3S[C@H]2CC[C@@H]3c2ccccc2)cc1.c1ccc([C@H]2CC[C@@H]3S[C@H]2CC[C@@H]3c2ccccc2)cc1. The van der Waals surface area contributed by atoms with Crippen LogP contribution in [0.25, 0.3) is 0 Å². The van der Waals surface area contributed by atoms with Crippen molar-refractivity contribution in [3.05, 3.63) is 144 Å². The third kappa shape index (κ3) is 6.27. The summed E-state index contributed by atoms with van der Waals surface area (Å²) in [6.07, 6.45) is 11.0. The van der Waals surface area contributed by atoms with Gasteiger partial charge in [-0.2, -0.15) is 23.5 Å². The Kier molecular flexibility index (Phi) is 9.10. The highest BCUT2D eigenvalue weighted by atomic mass is 32.2. The lowest BCUT2D eigenvalue weighted by Gasteiger charge is -2.44. The van der Waals surface area contributed by atoms with Crippen molar-refractivity contribution < 1.29 is 0 Å². The minimum Gasteiger partial charge on any atom is -0.154 e. The van der Waals surface area contributed by atoms with Crippen LogP contribution in [0.3, 0.4) is 0 Å². The summed E-state index contributed by atoms with van der Waals surface area (Å²) in [5, 5.41) is 3.36. The zero-order chi connectivity index (χ0) is 28.1. The van der Waals surface area contributed by atoms with Crippen molar-refractivity contribution in [1.82, 2.24) is 0 Å². The maximum absolute atomic E-state index is 2.33. The van der Waals surface area contributed by atoms with Gasteiger partial charge in [0.05, 0.1) is 0 Å². The van der Waals surface area contributed by atoms with Crippen molar-refractivity contribution in [3.8, 4) is 0 Å². The van der Waals surface area contributed by atoms with Gasteiger partial charge < -0.3 is 0 Å². The van der Waals surface area contributed by atoms with Crippen LogP contribution in [0.5, 0.6) is 0 Å². The van der Waals surface area contributed by atoms with Crippen LogP contribution in [0.4, 0.5) is 0 Å². The van der Waals surface area contributed by atoms with Crippen LogP contribution in [0.2, 0.25) is 0 Å². The maximum atomic E-state index is 2.33. The van der Waals surface area contributed by atoms with Crippen LogP contribution in [0.1, 0.15) is 97.3 Å². The molecule has 0 unspecified atom stereocenters. The van der Waals surface area contributed by atoms with Gasteiger partial charge in [0, 0.05) is 21.0 Å². The van der Waals surface area contributed by atoms with Crippen molar-refractivity contribution in [2.24, 2.45) is 0 Å². The monoisotopic (exact) mass is 588 g/mol. The number of rotatable bonds is 4. The Balaban J connectivity index is 0.000000137. The van der Waals surface area contributed by atoms with Crippen molar-refractivity contribution in [1.29, 1.82) is 0 Å². The first-order chi connectivity index (χ1) is 20.8. The van der Waals surface area contributed by atoms with Crippen molar-refractivity contribution in [3.63, 3.8) is 0 Å². The Hall–Kier alpha value is -2.42. The van der Waals surface area contributed by atoms with Gasteiger partial charge in [-0.1, -0.05) is 121 Å². The van der Waals surface area contributed by atoms with Gasteiger partial charge in [-0.25, -0.2) is 0 Å². The Labute approximate surface area is 262 Å². The first-order valence-corrected chi connectivity index (χ1v) is 18.2. The third-order valence-corrected chi connectivity index (χ3v) is 14.1. The Morgan fingerprint density at radius 3 is 0.714 bits per heavy atom. The molecule has 4 aromatic carbocycles. The fourth-order valence-electron chi connectivity index (χ4n) is 8.35. The highest BCUT2D eigenvalue weighted by Crippen LogP contribution is 2.54. The fourth-order valence-corrected chi connectivity index (χ4v) is 12.3. The van der Waals surface area contributed by atoms with Crippen molar-refractivity contribution >= 4 is 23.5 Å². The molecule has 4 saturated heterocycles. The first kappa shape index (κ1) is 28.4. The first-order valence-electron chi connectivity index (χ1n) is 16.3. The van der Waals surface area contributed by atoms with Gasteiger partial charge in [-0.05, 0) is 97.3 Å². The second-order valence-corrected chi connectivity index (χ2v) is 15.8. The molecular formula is C40H44S2. The van der Waals surface area contributed by atoms with Gasteiger partial charge in [0.1, 0.15) is 0 Å². The largest absolute Gasteiger partial charge is 0.154 e. The van der Waals surface area contributed by atoms with E-state index in [0.717, 1.165) is 44.7 Å². The summed E-state index contributed by atoms with van der Waals surface area (Å²) < 4.78 is 0. The molecule has 216 valence electrons. The van der Waals surface area contributed by atoms with Crippen LogP contribution in [-0.4, -0.2) is 21.0 Å². The van der Waals surface area contributed by atoms with Crippen molar-refractivity contribution in [2.45, 2.75) is 96.0 Å². The molecule has 0 N–H and O–H groups in total. The molecule has 0 aromatic heterocycles. The van der Waals surface area contributed by atoms with E-state index in [2.05, 4.69) is 145 Å². The summed E-state index contributed by atoms with van der Waals surface area (Å²) in [6.45, 7) is 0. The number of hydrogen-bond acceptors (Lipinski definition) is 2. The van der Waals surface area contributed by atoms with Crippen LogP contribution in [0.15, 0.2) is 121 Å². The quantitative estimate of drug-likeness (QED) is 0.233. The molecule has 0 saturated carbocycles. The average Bonchev–Trinajstić information content (AvgIpc) is 3.07. The zero-order valence-corrected chi connectivity index (χ0v) is 26.3. The van der Waals surface area contributed by atoms with Crippen LogP contribution < -0.4 is 0 Å². The summed E-state index contributed by atoms with van der Waals surface area (Å²) in [5.74, 6) is 3.13. The van der Waals surface area contributed by atoms with E-state index in [9.17, 15) is 0 Å². The molecule has 0 nitrogen and oxygen atoms in total. The Bertz CT molecular complexity index is 1160. The molecule has 42 heavy (non-hydrogen) atoms. The van der Waals surface area contributed by atoms with Crippen LogP contribution in [0, 0.1) is 0 Å². The van der Waals surface area contributed by atoms with Gasteiger partial charge in [0.15, 0.2) is 0 Å². The van der Waals surface area contributed by atoms with Gasteiger partial charge in [0.25, 0.3) is 0 Å². The zero-order valence-electron chi connectivity index (χ0n) is 24.6. The molecule has 0 aliphatic carbocycles. The van der Waals surface area contributed by atoms with E-state index in [1.165, 1.54) is 51.4 Å². The van der Waals surface area contributed by atoms with E-state index in [1.54, 1.807) is 22.3 Å². The lowest BCUT2D eigenvalue weighted by atomic mass is 9.78. The minimum atomic E-state index is 0.782. The molecule has 4 aromatic rings. The molecule has 2 heteroatoms. The van der Waals surface area contributed by atoms with E-state index in [0.29, 0.717) is 0 Å². The second-order valence-electron chi connectivity index (χ2n) is 12.8. The lowest BCUT2D eigenvalue weighted by molar-refractivity contribution is 0.408. The van der Waals surface area contributed by atoms with E-state index >= 15 is 0 Å². The van der Waals surface area contributed by atoms with E-state index in [1.807, 2.05) is 0 Å². The second kappa shape index (κ2) is 13.5. The molecular weight excluding hydrogens is 545 g/mol. The molecule has 4 fully saturated rings. The summed E-state index contributed by atoms with van der Waals surface area (Å²) in [4.78, 5) is 0. The maximum Gasteiger partial charge on any atom is 0.0119 e. The van der Waals surface area contributed by atoms with Crippen molar-refractivity contribution in [2.75, 3.05) is 0 Å². The molecule has 8 atom stereocenters.